The number of hydrogen-bond donors (Lipinski definition) is 1. The van der Waals surface area contributed by atoms with Gasteiger partial charge >= 0.3 is 0 Å². The smallest absolute Gasteiger partial charge is 0.262 e. The minimum Gasteiger partial charge on any atom is -0.490 e. The number of rotatable bonds is 5. The van der Waals surface area contributed by atoms with Crippen LogP contribution >= 0.6 is 0 Å². The molecular weight excluding hydrogens is 368 g/mol. The van der Waals surface area contributed by atoms with Gasteiger partial charge in [0.15, 0.2) is 5.65 Å². The fourth-order valence-corrected chi connectivity index (χ4v) is 4.39. The van der Waals surface area contributed by atoms with Crippen molar-refractivity contribution < 1.29 is 9.47 Å². The number of benzene rings is 1. The van der Waals surface area contributed by atoms with Crippen molar-refractivity contribution in [2.75, 3.05) is 13.2 Å². The first-order chi connectivity index (χ1) is 14.3. The molecule has 0 atom stereocenters. The van der Waals surface area contributed by atoms with Crippen molar-refractivity contribution in [2.24, 2.45) is 0 Å². The molecule has 3 heterocycles. The number of ether oxygens (including phenoxy) is 2. The van der Waals surface area contributed by atoms with Crippen LogP contribution in [-0.2, 0) is 11.2 Å². The fourth-order valence-electron chi connectivity index (χ4n) is 4.39. The molecule has 2 aromatic heterocycles. The van der Waals surface area contributed by atoms with Crippen molar-refractivity contribution in [3.05, 3.63) is 52.2 Å². The highest BCUT2D eigenvalue weighted by molar-refractivity contribution is 5.73. The number of aromatic amines is 1. The highest BCUT2D eigenvalue weighted by atomic mass is 16.5. The van der Waals surface area contributed by atoms with E-state index in [-0.39, 0.29) is 11.6 Å². The molecule has 29 heavy (non-hydrogen) atoms. The lowest BCUT2D eigenvalue weighted by molar-refractivity contribution is 0.0673. The third-order valence-corrected chi connectivity index (χ3v) is 5.98. The molecule has 7 heteroatoms. The number of hydrogen-bond acceptors (Lipinski definition) is 5. The van der Waals surface area contributed by atoms with Crippen LogP contribution in [-0.4, -0.2) is 39.1 Å². The predicted octanol–water partition coefficient (Wildman–Crippen LogP) is 3.38. The first-order valence-electron chi connectivity index (χ1n) is 10.6. The van der Waals surface area contributed by atoms with E-state index in [9.17, 15) is 4.79 Å². The van der Waals surface area contributed by atoms with Crippen molar-refractivity contribution >= 4 is 11.0 Å². The molecule has 3 aromatic rings. The lowest BCUT2D eigenvalue weighted by Crippen LogP contribution is -2.21. The van der Waals surface area contributed by atoms with Crippen molar-refractivity contribution in [2.45, 2.75) is 57.1 Å². The minimum atomic E-state index is -0.141. The molecule has 0 spiro atoms. The fraction of sp³-hybridized carbons (Fsp3) is 0.500. The van der Waals surface area contributed by atoms with Crippen LogP contribution in [0.2, 0.25) is 0 Å². The summed E-state index contributed by atoms with van der Waals surface area (Å²) in [5, 5.41) is 5.01. The SMILES string of the molecule is O=c1[nH]c(Cc2ccccc2OC2CCCC2)nc2c1cnn2C1CCOCC1. The summed E-state index contributed by atoms with van der Waals surface area (Å²) in [4.78, 5) is 20.4. The van der Waals surface area contributed by atoms with E-state index in [0.717, 1.165) is 37.0 Å². The van der Waals surface area contributed by atoms with E-state index in [4.69, 9.17) is 14.5 Å². The van der Waals surface area contributed by atoms with Crippen molar-refractivity contribution in [3.63, 3.8) is 0 Å². The summed E-state index contributed by atoms with van der Waals surface area (Å²) in [5.74, 6) is 1.53. The van der Waals surface area contributed by atoms with Crippen LogP contribution in [0, 0.1) is 0 Å². The zero-order chi connectivity index (χ0) is 19.6. The molecule has 1 aromatic carbocycles. The van der Waals surface area contributed by atoms with E-state index in [2.05, 4.69) is 10.1 Å². The molecule has 1 saturated carbocycles. The third-order valence-electron chi connectivity index (χ3n) is 5.98. The van der Waals surface area contributed by atoms with Gasteiger partial charge in [0.05, 0.1) is 18.3 Å². The summed E-state index contributed by atoms with van der Waals surface area (Å²) in [6.45, 7) is 1.43. The normalized spacial score (nSPS) is 18.5. The number of para-hydroxylation sites is 1. The van der Waals surface area contributed by atoms with E-state index < -0.39 is 0 Å². The Bertz CT molecular complexity index is 1050. The van der Waals surface area contributed by atoms with Gasteiger partial charge in [-0.05, 0) is 44.6 Å². The van der Waals surface area contributed by atoms with Gasteiger partial charge in [-0.1, -0.05) is 18.2 Å². The monoisotopic (exact) mass is 394 g/mol. The maximum absolute atomic E-state index is 12.6. The summed E-state index contributed by atoms with van der Waals surface area (Å²) >= 11 is 0. The van der Waals surface area contributed by atoms with Crippen LogP contribution in [0.15, 0.2) is 35.3 Å². The number of H-pyrrole nitrogens is 1. The van der Waals surface area contributed by atoms with Crippen molar-refractivity contribution in [1.82, 2.24) is 19.7 Å². The molecule has 7 nitrogen and oxygen atoms in total. The Kier molecular flexibility index (Phi) is 5.06. The van der Waals surface area contributed by atoms with Crippen LogP contribution in [0.25, 0.3) is 11.0 Å². The van der Waals surface area contributed by atoms with E-state index in [0.29, 0.717) is 42.6 Å². The molecule has 5 rings (SSSR count). The van der Waals surface area contributed by atoms with E-state index in [1.54, 1.807) is 6.20 Å². The Hall–Kier alpha value is -2.67. The summed E-state index contributed by atoms with van der Waals surface area (Å²) in [5.41, 5.74) is 1.56. The van der Waals surface area contributed by atoms with Gasteiger partial charge in [0.1, 0.15) is 17.0 Å². The van der Waals surface area contributed by atoms with Crippen LogP contribution in [0.4, 0.5) is 0 Å². The van der Waals surface area contributed by atoms with Gasteiger partial charge in [0.25, 0.3) is 5.56 Å². The highest BCUT2D eigenvalue weighted by Crippen LogP contribution is 2.28. The van der Waals surface area contributed by atoms with Crippen molar-refractivity contribution in [1.29, 1.82) is 0 Å². The number of aromatic nitrogens is 4. The van der Waals surface area contributed by atoms with Crippen LogP contribution < -0.4 is 10.3 Å². The molecular formula is C22H26N4O3. The van der Waals surface area contributed by atoms with Crippen molar-refractivity contribution in [3.8, 4) is 5.75 Å². The van der Waals surface area contributed by atoms with E-state index in [1.165, 1.54) is 12.8 Å². The maximum atomic E-state index is 12.6. The summed E-state index contributed by atoms with van der Waals surface area (Å²) in [7, 11) is 0. The van der Waals surface area contributed by atoms with Gasteiger partial charge in [-0.25, -0.2) is 9.67 Å². The van der Waals surface area contributed by atoms with Crippen LogP contribution in [0.5, 0.6) is 5.75 Å². The predicted molar refractivity (Wildman–Crippen MR) is 109 cm³/mol. The van der Waals surface area contributed by atoms with Gasteiger partial charge in [-0.15, -0.1) is 0 Å². The molecule has 0 amide bonds. The Labute approximate surface area is 169 Å². The Balaban J connectivity index is 1.46. The number of nitrogens with one attached hydrogen (secondary N) is 1. The number of fused-ring (bicyclic) bond motifs is 1. The maximum Gasteiger partial charge on any atom is 0.262 e. The molecule has 1 saturated heterocycles. The largest absolute Gasteiger partial charge is 0.490 e. The first-order valence-corrected chi connectivity index (χ1v) is 10.6. The minimum absolute atomic E-state index is 0.141. The number of nitrogens with zero attached hydrogens (tertiary/aromatic N) is 3. The third kappa shape index (κ3) is 3.79. The van der Waals surface area contributed by atoms with Gasteiger partial charge in [0, 0.05) is 25.2 Å². The topological polar surface area (TPSA) is 82.0 Å². The summed E-state index contributed by atoms with van der Waals surface area (Å²) in [6.07, 6.45) is 8.89. The second-order valence-corrected chi connectivity index (χ2v) is 7.99. The second-order valence-electron chi connectivity index (χ2n) is 7.99. The van der Waals surface area contributed by atoms with Crippen LogP contribution in [0.3, 0.4) is 0 Å². The Morgan fingerprint density at radius 2 is 1.93 bits per heavy atom. The molecule has 1 N–H and O–H groups in total. The highest BCUT2D eigenvalue weighted by Gasteiger charge is 2.21. The molecule has 1 aliphatic carbocycles. The zero-order valence-electron chi connectivity index (χ0n) is 16.5. The van der Waals surface area contributed by atoms with Crippen LogP contribution in [0.1, 0.15) is 56.0 Å². The molecule has 2 aliphatic rings. The second kappa shape index (κ2) is 7.99. The van der Waals surface area contributed by atoms with Gasteiger partial charge in [-0.2, -0.15) is 5.10 Å². The summed E-state index contributed by atoms with van der Waals surface area (Å²) < 4.78 is 13.6. The van der Waals surface area contributed by atoms with E-state index >= 15 is 0 Å². The molecule has 0 radical (unpaired) electrons. The van der Waals surface area contributed by atoms with Gasteiger partial charge in [-0.3, -0.25) is 4.79 Å². The van der Waals surface area contributed by atoms with E-state index in [1.807, 2.05) is 28.9 Å². The molecule has 2 fully saturated rings. The Morgan fingerprint density at radius 1 is 1.14 bits per heavy atom. The average Bonchev–Trinajstić information content (AvgIpc) is 3.40. The van der Waals surface area contributed by atoms with Gasteiger partial charge in [0.2, 0.25) is 0 Å². The average molecular weight is 394 g/mol. The first kappa shape index (κ1) is 18.4. The lowest BCUT2D eigenvalue weighted by atomic mass is 10.1. The molecule has 0 bridgehead atoms. The standard InChI is InChI=1S/C22H26N4O3/c27-22-18-14-23-26(16-9-11-28-12-10-16)21(18)24-20(25-22)13-15-5-1-4-8-19(15)29-17-6-2-3-7-17/h1,4-5,8,14,16-17H,2-3,6-7,9-13H2,(H,24,25,27). The lowest BCUT2D eigenvalue weighted by Gasteiger charge is -2.22. The zero-order valence-corrected chi connectivity index (χ0v) is 16.5. The van der Waals surface area contributed by atoms with Gasteiger partial charge < -0.3 is 14.5 Å². The molecule has 0 unspecified atom stereocenters. The summed E-state index contributed by atoms with van der Waals surface area (Å²) in [6, 6.07) is 8.27. The molecule has 152 valence electrons. The molecule has 1 aliphatic heterocycles. The Morgan fingerprint density at radius 3 is 2.76 bits per heavy atom. The quantitative estimate of drug-likeness (QED) is 0.717.